The molecule has 1 aliphatic carbocycles. The molecule has 2 fully saturated rings. The minimum absolute atomic E-state index is 0.127. The lowest BCUT2D eigenvalue weighted by molar-refractivity contribution is -0.0494. The molecule has 0 aromatic carbocycles. The van der Waals surface area contributed by atoms with Crippen molar-refractivity contribution in [2.24, 2.45) is 0 Å². The Kier molecular flexibility index (Phi) is 3.39. The molecular weight excluding hydrogens is 238 g/mol. The minimum atomic E-state index is 0.127. The molecule has 1 N–H and O–H groups in total. The van der Waals surface area contributed by atoms with Crippen molar-refractivity contribution in [1.29, 1.82) is 0 Å². The smallest absolute Gasteiger partial charge is 0.126 e. The fourth-order valence-corrected chi connectivity index (χ4v) is 2.90. The van der Waals surface area contributed by atoms with Crippen molar-refractivity contribution in [3.05, 3.63) is 17.7 Å². The van der Waals surface area contributed by atoms with Crippen molar-refractivity contribution < 1.29 is 4.74 Å². The number of rotatable bonds is 2. The summed E-state index contributed by atoms with van der Waals surface area (Å²) in [5.41, 5.74) is 1.34. The molecule has 2 heterocycles. The van der Waals surface area contributed by atoms with Crippen molar-refractivity contribution in [2.45, 2.75) is 57.5 Å². The van der Waals surface area contributed by atoms with E-state index in [2.05, 4.69) is 35.6 Å². The highest BCUT2D eigenvalue weighted by Gasteiger charge is 2.35. The Labute approximate surface area is 115 Å². The SMILES string of the molecule is CC(C)(C)c1cnc([C@@H]2COCCN2C2CCC2)[nH]1. The maximum Gasteiger partial charge on any atom is 0.126 e. The largest absolute Gasteiger partial charge is 0.378 e. The highest BCUT2D eigenvalue weighted by Crippen LogP contribution is 2.33. The van der Waals surface area contributed by atoms with E-state index in [4.69, 9.17) is 4.74 Å². The normalized spacial score (nSPS) is 26.4. The summed E-state index contributed by atoms with van der Waals surface area (Å²) in [7, 11) is 0. The molecule has 3 rings (SSSR count). The number of hydrogen-bond acceptors (Lipinski definition) is 3. The molecule has 0 radical (unpaired) electrons. The van der Waals surface area contributed by atoms with Crippen LogP contribution >= 0.6 is 0 Å². The van der Waals surface area contributed by atoms with Gasteiger partial charge in [0.25, 0.3) is 0 Å². The van der Waals surface area contributed by atoms with E-state index in [0.717, 1.165) is 31.6 Å². The minimum Gasteiger partial charge on any atom is -0.378 e. The van der Waals surface area contributed by atoms with Gasteiger partial charge in [-0.3, -0.25) is 4.90 Å². The Morgan fingerprint density at radius 1 is 1.37 bits per heavy atom. The number of H-pyrrole nitrogens is 1. The third-order valence-corrected chi connectivity index (χ3v) is 4.43. The molecule has 0 spiro atoms. The zero-order valence-corrected chi connectivity index (χ0v) is 12.3. The standard InChI is InChI=1S/C15H25N3O/c1-15(2,3)13-9-16-14(17-13)12-10-19-8-7-18(12)11-5-4-6-11/h9,11-12H,4-8,10H2,1-3H3,(H,16,17)/t12-/m0/s1. The molecule has 1 saturated heterocycles. The number of morpholine rings is 1. The van der Waals surface area contributed by atoms with Crippen LogP contribution in [0.1, 0.15) is 57.6 Å². The topological polar surface area (TPSA) is 41.1 Å². The maximum absolute atomic E-state index is 5.68. The number of ether oxygens (including phenoxy) is 1. The van der Waals surface area contributed by atoms with Gasteiger partial charge in [0.1, 0.15) is 5.82 Å². The molecule has 1 saturated carbocycles. The van der Waals surface area contributed by atoms with E-state index in [-0.39, 0.29) is 5.41 Å². The predicted molar refractivity (Wildman–Crippen MR) is 75.2 cm³/mol. The van der Waals surface area contributed by atoms with Crippen LogP contribution < -0.4 is 0 Å². The van der Waals surface area contributed by atoms with E-state index in [0.29, 0.717) is 6.04 Å². The van der Waals surface area contributed by atoms with Crippen LogP contribution in [-0.4, -0.2) is 40.7 Å². The van der Waals surface area contributed by atoms with Crippen molar-refractivity contribution in [1.82, 2.24) is 14.9 Å². The van der Waals surface area contributed by atoms with Gasteiger partial charge in [0.15, 0.2) is 0 Å². The van der Waals surface area contributed by atoms with Crippen LogP contribution in [0, 0.1) is 0 Å². The first kappa shape index (κ1) is 13.1. The quantitative estimate of drug-likeness (QED) is 0.892. The molecule has 1 aromatic heterocycles. The van der Waals surface area contributed by atoms with Gasteiger partial charge in [-0.25, -0.2) is 4.98 Å². The Hall–Kier alpha value is -0.870. The fourth-order valence-electron chi connectivity index (χ4n) is 2.90. The van der Waals surface area contributed by atoms with Crippen LogP contribution in [0.3, 0.4) is 0 Å². The summed E-state index contributed by atoms with van der Waals surface area (Å²) >= 11 is 0. The lowest BCUT2D eigenvalue weighted by Crippen LogP contribution is -2.48. The maximum atomic E-state index is 5.68. The molecule has 1 aliphatic heterocycles. The molecule has 0 unspecified atom stereocenters. The summed E-state index contributed by atoms with van der Waals surface area (Å²) in [4.78, 5) is 10.7. The van der Waals surface area contributed by atoms with E-state index in [1.807, 2.05) is 6.20 Å². The van der Waals surface area contributed by atoms with Gasteiger partial charge in [0.05, 0.1) is 19.3 Å². The Balaban J connectivity index is 1.80. The number of nitrogens with zero attached hydrogens (tertiary/aromatic N) is 2. The zero-order valence-electron chi connectivity index (χ0n) is 12.3. The van der Waals surface area contributed by atoms with Crippen LogP contribution in [0.5, 0.6) is 0 Å². The van der Waals surface area contributed by atoms with Crippen molar-refractivity contribution in [2.75, 3.05) is 19.8 Å². The lowest BCUT2D eigenvalue weighted by atomic mass is 9.90. The van der Waals surface area contributed by atoms with Gasteiger partial charge in [-0.2, -0.15) is 0 Å². The summed E-state index contributed by atoms with van der Waals surface area (Å²) in [5, 5.41) is 0. The molecule has 0 amide bonds. The molecule has 19 heavy (non-hydrogen) atoms. The molecular formula is C15H25N3O. The second kappa shape index (κ2) is 4.91. The van der Waals surface area contributed by atoms with Gasteiger partial charge in [-0.15, -0.1) is 0 Å². The van der Waals surface area contributed by atoms with E-state index < -0.39 is 0 Å². The molecule has 2 aliphatic rings. The molecule has 1 atom stereocenters. The third-order valence-electron chi connectivity index (χ3n) is 4.43. The van der Waals surface area contributed by atoms with Gasteiger partial charge in [-0.05, 0) is 12.8 Å². The number of aromatic nitrogens is 2. The predicted octanol–water partition coefficient (Wildman–Crippen LogP) is 2.63. The van der Waals surface area contributed by atoms with Crippen LogP contribution in [0.15, 0.2) is 6.20 Å². The third kappa shape index (κ3) is 2.56. The van der Waals surface area contributed by atoms with Gasteiger partial charge >= 0.3 is 0 Å². The van der Waals surface area contributed by atoms with E-state index in [1.54, 1.807) is 0 Å². The van der Waals surface area contributed by atoms with Crippen molar-refractivity contribution >= 4 is 0 Å². The first-order valence-electron chi connectivity index (χ1n) is 7.44. The van der Waals surface area contributed by atoms with E-state index >= 15 is 0 Å². The highest BCUT2D eigenvalue weighted by atomic mass is 16.5. The Morgan fingerprint density at radius 2 is 2.16 bits per heavy atom. The van der Waals surface area contributed by atoms with Gasteiger partial charge in [0, 0.05) is 29.9 Å². The van der Waals surface area contributed by atoms with Gasteiger partial charge < -0.3 is 9.72 Å². The molecule has 4 heteroatoms. The molecule has 106 valence electrons. The number of hydrogen-bond donors (Lipinski definition) is 1. The number of imidazole rings is 1. The first-order chi connectivity index (χ1) is 9.05. The second-order valence-electron chi connectivity index (χ2n) is 6.85. The number of nitrogens with one attached hydrogen (secondary N) is 1. The average Bonchev–Trinajstić information content (AvgIpc) is 2.76. The summed E-state index contributed by atoms with van der Waals surface area (Å²) < 4.78 is 5.68. The zero-order chi connectivity index (χ0) is 13.5. The fraction of sp³-hybridized carbons (Fsp3) is 0.800. The van der Waals surface area contributed by atoms with Crippen LogP contribution in [-0.2, 0) is 10.2 Å². The summed E-state index contributed by atoms with van der Waals surface area (Å²) in [5.74, 6) is 1.08. The van der Waals surface area contributed by atoms with Crippen LogP contribution in [0.4, 0.5) is 0 Å². The summed E-state index contributed by atoms with van der Waals surface area (Å²) in [6, 6.07) is 1.06. The first-order valence-corrected chi connectivity index (χ1v) is 7.44. The second-order valence-corrected chi connectivity index (χ2v) is 6.85. The molecule has 1 aromatic rings. The van der Waals surface area contributed by atoms with E-state index in [1.165, 1.54) is 25.0 Å². The Bertz CT molecular complexity index is 431. The van der Waals surface area contributed by atoms with E-state index in [9.17, 15) is 0 Å². The summed E-state index contributed by atoms with van der Waals surface area (Å²) in [6.45, 7) is 9.32. The average molecular weight is 263 g/mol. The summed E-state index contributed by atoms with van der Waals surface area (Å²) in [6.07, 6.45) is 6.04. The van der Waals surface area contributed by atoms with Crippen molar-refractivity contribution in [3.63, 3.8) is 0 Å². The van der Waals surface area contributed by atoms with Crippen molar-refractivity contribution in [3.8, 4) is 0 Å². The highest BCUT2D eigenvalue weighted by molar-refractivity contribution is 5.14. The van der Waals surface area contributed by atoms with Gasteiger partial charge in [-0.1, -0.05) is 27.2 Å². The van der Waals surface area contributed by atoms with Crippen LogP contribution in [0.2, 0.25) is 0 Å². The molecule has 4 nitrogen and oxygen atoms in total. The Morgan fingerprint density at radius 3 is 2.74 bits per heavy atom. The van der Waals surface area contributed by atoms with Gasteiger partial charge in [0.2, 0.25) is 0 Å². The lowest BCUT2D eigenvalue weighted by Gasteiger charge is -2.44. The molecule has 0 bridgehead atoms. The van der Waals surface area contributed by atoms with Crippen LogP contribution in [0.25, 0.3) is 0 Å². The number of aromatic amines is 1. The monoisotopic (exact) mass is 263 g/mol.